The van der Waals surface area contributed by atoms with Gasteiger partial charge < -0.3 is 10.1 Å². The van der Waals surface area contributed by atoms with Crippen molar-refractivity contribution in [2.24, 2.45) is 0 Å². The highest BCUT2D eigenvalue weighted by molar-refractivity contribution is 5.82. The molecule has 0 aliphatic carbocycles. The minimum atomic E-state index is -2.86. The smallest absolute Gasteiger partial charge is 0.387 e. The van der Waals surface area contributed by atoms with Gasteiger partial charge in [-0.25, -0.2) is 0 Å². The molecule has 1 amide bonds. The van der Waals surface area contributed by atoms with Gasteiger partial charge in [-0.2, -0.15) is 8.78 Å². The fraction of sp³-hybridized carbons (Fsp3) is 0.500. The van der Waals surface area contributed by atoms with Crippen molar-refractivity contribution in [3.8, 4) is 5.75 Å². The van der Waals surface area contributed by atoms with E-state index in [0.717, 1.165) is 12.8 Å². The first kappa shape index (κ1) is 14.7. The molecule has 2 atom stereocenters. The number of hydrogen-bond acceptors (Lipinski definition) is 3. The second-order valence-electron chi connectivity index (χ2n) is 4.79. The Morgan fingerprint density at radius 1 is 1.40 bits per heavy atom. The van der Waals surface area contributed by atoms with Gasteiger partial charge in [-0.3, -0.25) is 10.1 Å². The molecule has 1 aliphatic heterocycles. The summed E-state index contributed by atoms with van der Waals surface area (Å²) in [6.07, 6.45) is 1.65. The monoisotopic (exact) mass is 284 g/mol. The van der Waals surface area contributed by atoms with Gasteiger partial charge in [0.2, 0.25) is 5.91 Å². The Labute approximate surface area is 116 Å². The molecule has 6 heteroatoms. The molecular weight excluding hydrogens is 266 g/mol. The lowest BCUT2D eigenvalue weighted by Crippen LogP contribution is -2.48. The van der Waals surface area contributed by atoms with Crippen molar-refractivity contribution in [2.45, 2.75) is 38.5 Å². The zero-order valence-electron chi connectivity index (χ0n) is 11.2. The van der Waals surface area contributed by atoms with Crippen LogP contribution in [0.4, 0.5) is 8.78 Å². The van der Waals surface area contributed by atoms with E-state index in [1.165, 1.54) is 6.07 Å². The second-order valence-corrected chi connectivity index (χ2v) is 4.79. The number of para-hydroxylation sites is 1. The maximum absolute atomic E-state index is 12.4. The molecule has 1 aromatic rings. The molecule has 0 saturated carbocycles. The van der Waals surface area contributed by atoms with E-state index in [1.54, 1.807) is 18.2 Å². The van der Waals surface area contributed by atoms with Crippen LogP contribution in [-0.4, -0.2) is 25.1 Å². The van der Waals surface area contributed by atoms with E-state index in [-0.39, 0.29) is 23.7 Å². The molecule has 0 radical (unpaired) electrons. The van der Waals surface area contributed by atoms with Crippen LogP contribution >= 0.6 is 0 Å². The van der Waals surface area contributed by atoms with Crippen molar-refractivity contribution < 1.29 is 18.3 Å². The minimum absolute atomic E-state index is 0.0460. The van der Waals surface area contributed by atoms with Crippen LogP contribution in [0.15, 0.2) is 24.3 Å². The summed E-state index contributed by atoms with van der Waals surface area (Å²) in [6, 6.07) is 6.07. The maximum Gasteiger partial charge on any atom is 0.387 e. The SMILES string of the molecule is CC(NC1CCCNC1=O)c1ccccc1OC(F)F. The molecule has 0 aromatic heterocycles. The number of rotatable bonds is 5. The summed E-state index contributed by atoms with van der Waals surface area (Å²) in [4.78, 5) is 11.7. The highest BCUT2D eigenvalue weighted by Crippen LogP contribution is 2.27. The lowest BCUT2D eigenvalue weighted by Gasteiger charge is -2.27. The molecule has 2 N–H and O–H groups in total. The lowest BCUT2D eigenvalue weighted by atomic mass is 10.0. The zero-order chi connectivity index (χ0) is 14.5. The third-order valence-corrected chi connectivity index (χ3v) is 3.34. The summed E-state index contributed by atoms with van der Waals surface area (Å²) in [6.45, 7) is -0.340. The number of benzene rings is 1. The number of ether oxygens (including phenoxy) is 1. The standard InChI is InChI=1S/C14H18F2N2O2/c1-9(18-11-6-4-8-17-13(11)19)10-5-2-3-7-12(10)20-14(15)16/h2-3,5,7,9,11,14,18H,4,6,8H2,1H3,(H,17,19). The quantitative estimate of drug-likeness (QED) is 0.871. The molecule has 4 nitrogen and oxygen atoms in total. The Kier molecular flexibility index (Phi) is 4.89. The normalized spacial score (nSPS) is 20.6. The largest absolute Gasteiger partial charge is 0.434 e. The summed E-state index contributed by atoms with van der Waals surface area (Å²) in [5.41, 5.74) is 0.617. The Morgan fingerprint density at radius 3 is 2.85 bits per heavy atom. The van der Waals surface area contributed by atoms with Gasteiger partial charge in [0.15, 0.2) is 0 Å². The number of carbonyl (C=O) groups excluding carboxylic acids is 1. The van der Waals surface area contributed by atoms with Crippen molar-refractivity contribution in [1.82, 2.24) is 10.6 Å². The Hall–Kier alpha value is -1.69. The third kappa shape index (κ3) is 3.66. The number of alkyl halides is 2. The van der Waals surface area contributed by atoms with E-state index in [9.17, 15) is 13.6 Å². The molecule has 2 rings (SSSR count). The van der Waals surface area contributed by atoms with Crippen molar-refractivity contribution in [1.29, 1.82) is 0 Å². The van der Waals surface area contributed by atoms with E-state index in [0.29, 0.717) is 12.1 Å². The number of nitrogens with one attached hydrogen (secondary N) is 2. The Balaban J connectivity index is 2.08. The van der Waals surface area contributed by atoms with Crippen molar-refractivity contribution in [3.05, 3.63) is 29.8 Å². The van der Waals surface area contributed by atoms with Crippen LogP contribution in [0.3, 0.4) is 0 Å². The highest BCUT2D eigenvalue weighted by atomic mass is 19.3. The van der Waals surface area contributed by atoms with Crippen LogP contribution in [0.1, 0.15) is 31.4 Å². The van der Waals surface area contributed by atoms with Crippen LogP contribution in [0.25, 0.3) is 0 Å². The fourth-order valence-electron chi connectivity index (χ4n) is 2.36. The number of piperidine rings is 1. The average molecular weight is 284 g/mol. The predicted octanol–water partition coefficient (Wildman–Crippen LogP) is 2.22. The fourth-order valence-corrected chi connectivity index (χ4v) is 2.36. The molecule has 1 saturated heterocycles. The van der Waals surface area contributed by atoms with E-state index in [2.05, 4.69) is 15.4 Å². The molecule has 0 spiro atoms. The van der Waals surface area contributed by atoms with E-state index >= 15 is 0 Å². The van der Waals surface area contributed by atoms with Crippen molar-refractivity contribution in [2.75, 3.05) is 6.54 Å². The van der Waals surface area contributed by atoms with Gasteiger partial charge in [-0.15, -0.1) is 0 Å². The molecule has 1 heterocycles. The van der Waals surface area contributed by atoms with Crippen LogP contribution in [0.5, 0.6) is 5.75 Å². The Bertz CT molecular complexity index is 468. The van der Waals surface area contributed by atoms with Crippen LogP contribution < -0.4 is 15.4 Å². The minimum Gasteiger partial charge on any atom is -0.434 e. The second kappa shape index (κ2) is 6.65. The highest BCUT2D eigenvalue weighted by Gasteiger charge is 2.24. The molecule has 2 unspecified atom stereocenters. The summed E-state index contributed by atoms with van der Waals surface area (Å²) in [5.74, 6) is 0.0917. The molecule has 20 heavy (non-hydrogen) atoms. The number of hydrogen-bond donors (Lipinski definition) is 2. The van der Waals surface area contributed by atoms with Gasteiger partial charge in [0.1, 0.15) is 5.75 Å². The van der Waals surface area contributed by atoms with Gasteiger partial charge in [0.25, 0.3) is 0 Å². The molecule has 1 aliphatic rings. The zero-order valence-corrected chi connectivity index (χ0v) is 11.2. The maximum atomic E-state index is 12.4. The van der Waals surface area contributed by atoms with Crippen LogP contribution in [-0.2, 0) is 4.79 Å². The first-order valence-corrected chi connectivity index (χ1v) is 6.65. The first-order valence-electron chi connectivity index (χ1n) is 6.65. The molecule has 1 aromatic carbocycles. The van der Waals surface area contributed by atoms with Gasteiger partial charge in [0.05, 0.1) is 6.04 Å². The number of halogens is 2. The average Bonchev–Trinajstić information content (AvgIpc) is 2.41. The molecule has 1 fully saturated rings. The van der Waals surface area contributed by atoms with Gasteiger partial charge in [-0.1, -0.05) is 18.2 Å². The summed E-state index contributed by atoms with van der Waals surface area (Å²) in [5, 5.41) is 5.94. The third-order valence-electron chi connectivity index (χ3n) is 3.34. The Morgan fingerprint density at radius 2 is 2.15 bits per heavy atom. The van der Waals surface area contributed by atoms with Crippen LogP contribution in [0, 0.1) is 0 Å². The van der Waals surface area contributed by atoms with E-state index < -0.39 is 6.61 Å². The summed E-state index contributed by atoms with van der Waals surface area (Å²) < 4.78 is 29.3. The topological polar surface area (TPSA) is 50.4 Å². The summed E-state index contributed by atoms with van der Waals surface area (Å²) in [7, 11) is 0. The molecule has 0 bridgehead atoms. The number of carbonyl (C=O) groups is 1. The van der Waals surface area contributed by atoms with Gasteiger partial charge >= 0.3 is 6.61 Å². The molecule has 110 valence electrons. The lowest BCUT2D eigenvalue weighted by molar-refractivity contribution is -0.124. The van der Waals surface area contributed by atoms with Crippen molar-refractivity contribution in [3.63, 3.8) is 0 Å². The van der Waals surface area contributed by atoms with Gasteiger partial charge in [-0.05, 0) is 25.8 Å². The predicted molar refractivity (Wildman–Crippen MR) is 70.7 cm³/mol. The van der Waals surface area contributed by atoms with Crippen molar-refractivity contribution >= 4 is 5.91 Å². The summed E-state index contributed by atoms with van der Waals surface area (Å²) >= 11 is 0. The van der Waals surface area contributed by atoms with Gasteiger partial charge in [0, 0.05) is 18.2 Å². The van der Waals surface area contributed by atoms with E-state index in [1.807, 2.05) is 6.92 Å². The first-order chi connectivity index (χ1) is 9.58. The number of amides is 1. The molecular formula is C14H18F2N2O2. The van der Waals surface area contributed by atoms with Crippen LogP contribution in [0.2, 0.25) is 0 Å². The van der Waals surface area contributed by atoms with E-state index in [4.69, 9.17) is 0 Å².